The monoisotopic (exact) mass is 558 g/mol. The first-order chi connectivity index (χ1) is 19.9. The van der Waals surface area contributed by atoms with Crippen LogP contribution in [0.4, 0.5) is 14.6 Å². The molecule has 7 rings (SSSR count). The van der Waals surface area contributed by atoms with Gasteiger partial charge in [0.05, 0.1) is 31.0 Å². The summed E-state index contributed by atoms with van der Waals surface area (Å²) in [6.07, 6.45) is 11.7. The molecule has 1 saturated carbocycles. The topological polar surface area (TPSA) is 49.1 Å². The van der Waals surface area contributed by atoms with E-state index in [1.54, 1.807) is 10.7 Å². The Hall–Kier alpha value is -3.56. The number of rotatable bonds is 7. The molecule has 0 bridgehead atoms. The van der Waals surface area contributed by atoms with Gasteiger partial charge in [-0.1, -0.05) is 18.7 Å². The van der Waals surface area contributed by atoms with Crippen molar-refractivity contribution < 1.29 is 13.5 Å². The van der Waals surface area contributed by atoms with E-state index in [-0.39, 0.29) is 5.82 Å². The summed E-state index contributed by atoms with van der Waals surface area (Å²) in [5.41, 5.74) is 3.42. The molecule has 3 atom stereocenters. The van der Waals surface area contributed by atoms with Crippen molar-refractivity contribution in [2.45, 2.75) is 44.3 Å². The van der Waals surface area contributed by atoms with Crippen molar-refractivity contribution in [3.8, 4) is 0 Å². The molecular formula is C32H36F2N6O. The van der Waals surface area contributed by atoms with Gasteiger partial charge in [0.25, 0.3) is 0 Å². The van der Waals surface area contributed by atoms with Crippen LogP contribution >= 0.6 is 0 Å². The second kappa shape index (κ2) is 10.1. The highest BCUT2D eigenvalue weighted by Crippen LogP contribution is 2.63. The highest BCUT2D eigenvalue weighted by atomic mass is 19.1. The molecule has 3 aliphatic heterocycles. The van der Waals surface area contributed by atoms with E-state index < -0.39 is 11.4 Å². The maximum Gasteiger partial charge on any atom is 0.165 e. The van der Waals surface area contributed by atoms with Gasteiger partial charge in [0.2, 0.25) is 0 Å². The molecule has 4 aliphatic rings. The summed E-state index contributed by atoms with van der Waals surface area (Å²) in [5.74, 6) is 0.266. The van der Waals surface area contributed by atoms with Crippen LogP contribution in [0.5, 0.6) is 0 Å². The second-order valence-corrected chi connectivity index (χ2v) is 11.8. The SMILES string of the molecule is C=C(/C=C\C(=C/C)N1CCN(C2COC2)C[C@H]1C)c1cnn2ccc(N3CC[C@H]4C[C@]43c3cc(F)ccc3F)nc12. The van der Waals surface area contributed by atoms with Crippen LogP contribution in [0.25, 0.3) is 11.2 Å². The highest BCUT2D eigenvalue weighted by Gasteiger charge is 2.64. The molecule has 0 unspecified atom stereocenters. The third-order valence-electron chi connectivity index (χ3n) is 9.51. The zero-order valence-electron chi connectivity index (χ0n) is 23.6. The summed E-state index contributed by atoms with van der Waals surface area (Å²) in [5, 5.41) is 4.52. The van der Waals surface area contributed by atoms with Crippen LogP contribution in [-0.2, 0) is 10.3 Å². The number of halogens is 2. The van der Waals surface area contributed by atoms with Gasteiger partial charge in [-0.05, 0) is 68.5 Å². The summed E-state index contributed by atoms with van der Waals surface area (Å²) >= 11 is 0. The summed E-state index contributed by atoms with van der Waals surface area (Å²) in [4.78, 5) is 12.1. The van der Waals surface area contributed by atoms with Crippen molar-refractivity contribution in [3.05, 3.63) is 89.9 Å². The van der Waals surface area contributed by atoms with E-state index in [4.69, 9.17) is 9.72 Å². The van der Waals surface area contributed by atoms with Crippen molar-refractivity contribution in [1.82, 2.24) is 24.4 Å². The van der Waals surface area contributed by atoms with Gasteiger partial charge in [-0.2, -0.15) is 5.10 Å². The van der Waals surface area contributed by atoms with E-state index in [9.17, 15) is 8.78 Å². The summed E-state index contributed by atoms with van der Waals surface area (Å²) in [7, 11) is 0. The fourth-order valence-corrected chi connectivity index (χ4v) is 7.10. The standard InChI is InChI=1S/C32H36F2N6O/c1-4-25(38-14-13-37(18-22(38)3)26-19-41-20-26)7-5-21(2)27-17-35-40-12-10-30(36-31(27)40)39-11-9-23-16-32(23,39)28-15-24(33)6-8-29(28)34/h4-8,10,12,15,17,22-23,26H,2,9,11,13-14,16,18-20H2,1,3H3/b7-5-,25-4+/t22-,23+,32-/m1/s1. The van der Waals surface area contributed by atoms with Gasteiger partial charge in [-0.15, -0.1) is 0 Å². The van der Waals surface area contributed by atoms with E-state index in [0.717, 1.165) is 69.2 Å². The third-order valence-corrected chi connectivity index (χ3v) is 9.51. The van der Waals surface area contributed by atoms with E-state index in [2.05, 4.69) is 52.4 Å². The van der Waals surface area contributed by atoms with Crippen LogP contribution in [0, 0.1) is 17.6 Å². The molecule has 41 heavy (non-hydrogen) atoms. The number of piperidine rings is 1. The molecule has 7 nitrogen and oxygen atoms in total. The average molecular weight is 559 g/mol. The largest absolute Gasteiger partial charge is 0.378 e. The average Bonchev–Trinajstić information content (AvgIpc) is 3.30. The number of aromatic nitrogens is 3. The maximum atomic E-state index is 14.9. The predicted octanol–water partition coefficient (Wildman–Crippen LogP) is 5.01. The van der Waals surface area contributed by atoms with Crippen molar-refractivity contribution >= 4 is 17.0 Å². The summed E-state index contributed by atoms with van der Waals surface area (Å²) in [6, 6.07) is 6.64. The number of ether oxygens (including phenoxy) is 1. The first kappa shape index (κ1) is 26.3. The zero-order valence-corrected chi connectivity index (χ0v) is 23.6. The Labute approximate surface area is 239 Å². The summed E-state index contributed by atoms with van der Waals surface area (Å²) < 4.78 is 36.2. The summed E-state index contributed by atoms with van der Waals surface area (Å²) in [6.45, 7) is 14.2. The zero-order chi connectivity index (χ0) is 28.3. The van der Waals surface area contributed by atoms with Crippen LogP contribution in [0.3, 0.4) is 0 Å². The normalized spacial score (nSPS) is 27.1. The Kier molecular flexibility index (Phi) is 6.47. The first-order valence-electron chi connectivity index (χ1n) is 14.6. The van der Waals surface area contributed by atoms with Crippen LogP contribution in [-0.4, -0.2) is 75.9 Å². The minimum Gasteiger partial charge on any atom is -0.378 e. The lowest BCUT2D eigenvalue weighted by Gasteiger charge is -2.46. The van der Waals surface area contributed by atoms with Gasteiger partial charge in [0.1, 0.15) is 17.5 Å². The fraction of sp³-hybridized carbons (Fsp3) is 0.438. The van der Waals surface area contributed by atoms with Gasteiger partial charge in [0.15, 0.2) is 5.65 Å². The number of benzene rings is 1. The molecule has 9 heteroatoms. The van der Waals surface area contributed by atoms with Gasteiger partial charge in [-0.3, -0.25) is 4.90 Å². The molecule has 3 aromatic rings. The predicted molar refractivity (Wildman–Crippen MR) is 155 cm³/mol. The quantitative estimate of drug-likeness (QED) is 0.380. The van der Waals surface area contributed by atoms with Gasteiger partial charge in [0, 0.05) is 55.2 Å². The van der Waals surface area contributed by atoms with Crippen LogP contribution < -0.4 is 4.90 Å². The molecule has 0 radical (unpaired) electrons. The smallest absolute Gasteiger partial charge is 0.165 e. The van der Waals surface area contributed by atoms with E-state index in [0.29, 0.717) is 29.2 Å². The molecule has 1 aliphatic carbocycles. The number of fused-ring (bicyclic) bond motifs is 2. The number of hydrogen-bond donors (Lipinski definition) is 0. The Morgan fingerprint density at radius 1 is 1.15 bits per heavy atom. The number of nitrogens with zero attached hydrogens (tertiary/aromatic N) is 6. The third kappa shape index (κ3) is 4.37. The van der Waals surface area contributed by atoms with Crippen molar-refractivity contribution in [3.63, 3.8) is 0 Å². The molecule has 214 valence electrons. The highest BCUT2D eigenvalue weighted by molar-refractivity contribution is 5.81. The Morgan fingerprint density at radius 2 is 2.00 bits per heavy atom. The Morgan fingerprint density at radius 3 is 2.73 bits per heavy atom. The molecule has 0 spiro atoms. The van der Waals surface area contributed by atoms with E-state index in [1.807, 2.05) is 18.3 Å². The Balaban J connectivity index is 1.12. The number of piperazine rings is 1. The van der Waals surface area contributed by atoms with Gasteiger partial charge in [-0.25, -0.2) is 18.3 Å². The number of allylic oxidation sites excluding steroid dienone is 4. The van der Waals surface area contributed by atoms with E-state index >= 15 is 0 Å². The van der Waals surface area contributed by atoms with Crippen LogP contribution in [0.1, 0.15) is 37.8 Å². The molecule has 3 saturated heterocycles. The minimum absolute atomic E-state index is 0.296. The lowest BCUT2D eigenvalue weighted by molar-refractivity contribution is -0.0812. The lowest BCUT2D eigenvalue weighted by atomic mass is 10.0. The molecule has 5 heterocycles. The molecular weight excluding hydrogens is 522 g/mol. The van der Waals surface area contributed by atoms with Crippen molar-refractivity contribution in [1.29, 1.82) is 0 Å². The first-order valence-corrected chi connectivity index (χ1v) is 14.6. The van der Waals surface area contributed by atoms with Crippen LogP contribution in [0.2, 0.25) is 0 Å². The van der Waals surface area contributed by atoms with Gasteiger partial charge >= 0.3 is 0 Å². The Bertz CT molecular complexity index is 1560. The minimum atomic E-state index is -0.540. The molecule has 0 amide bonds. The van der Waals surface area contributed by atoms with Crippen LogP contribution in [0.15, 0.2) is 67.2 Å². The lowest BCUT2D eigenvalue weighted by Crippen LogP contribution is -2.59. The van der Waals surface area contributed by atoms with Crippen molar-refractivity contribution in [2.75, 3.05) is 44.3 Å². The fourth-order valence-electron chi connectivity index (χ4n) is 7.10. The second-order valence-electron chi connectivity index (χ2n) is 11.8. The molecule has 1 aromatic carbocycles. The molecule has 4 fully saturated rings. The van der Waals surface area contributed by atoms with E-state index in [1.165, 1.54) is 23.9 Å². The van der Waals surface area contributed by atoms with Crippen molar-refractivity contribution in [2.24, 2.45) is 5.92 Å². The van der Waals surface area contributed by atoms with Gasteiger partial charge < -0.3 is 14.5 Å². The number of anilines is 1. The number of hydrogen-bond acceptors (Lipinski definition) is 6. The maximum absolute atomic E-state index is 14.9. The molecule has 0 N–H and O–H groups in total. The molecule has 2 aromatic heterocycles.